The lowest BCUT2D eigenvalue weighted by Gasteiger charge is -2.25. The van der Waals surface area contributed by atoms with Crippen LogP contribution in [-0.2, 0) is 6.42 Å². The van der Waals surface area contributed by atoms with E-state index in [2.05, 4.69) is 9.98 Å². The number of fused-ring (bicyclic) bond motifs is 1. The average Bonchev–Trinajstić information content (AvgIpc) is 3.09. The molecule has 1 atom stereocenters. The molecule has 126 valence electrons. The highest BCUT2D eigenvalue weighted by molar-refractivity contribution is 7.10. The Morgan fingerprint density at radius 1 is 1.36 bits per heavy atom. The van der Waals surface area contributed by atoms with Gasteiger partial charge in [-0.1, -0.05) is 41.7 Å². The highest BCUT2D eigenvalue weighted by atomic mass is 32.1. The first-order valence-corrected chi connectivity index (χ1v) is 8.72. The number of hydrogen-bond donors (Lipinski definition) is 3. The zero-order chi connectivity index (χ0) is 17.4. The lowest BCUT2D eigenvalue weighted by Crippen LogP contribution is -2.30. The summed E-state index contributed by atoms with van der Waals surface area (Å²) in [4.78, 5) is 18.3. The van der Waals surface area contributed by atoms with Crippen LogP contribution in [0.3, 0.4) is 0 Å². The fourth-order valence-electron chi connectivity index (χ4n) is 3.04. The van der Waals surface area contributed by atoms with Crippen LogP contribution in [0.5, 0.6) is 5.88 Å². The van der Waals surface area contributed by atoms with E-state index in [0.29, 0.717) is 23.4 Å². The van der Waals surface area contributed by atoms with Crippen molar-refractivity contribution in [3.05, 3.63) is 78.9 Å². The Kier molecular flexibility index (Phi) is 3.78. The first-order valence-electron chi connectivity index (χ1n) is 7.91. The summed E-state index contributed by atoms with van der Waals surface area (Å²) >= 11 is 0.941. The molecule has 1 unspecified atom stereocenters. The Labute approximate surface area is 147 Å². The Morgan fingerprint density at radius 2 is 2.24 bits per heavy atom. The second kappa shape index (κ2) is 5.98. The van der Waals surface area contributed by atoms with Gasteiger partial charge in [0.05, 0.1) is 21.5 Å². The van der Waals surface area contributed by atoms with Gasteiger partial charge in [0.15, 0.2) is 0 Å². The molecular formula is C19H16N2O3S. The lowest BCUT2D eigenvalue weighted by atomic mass is 9.88. The van der Waals surface area contributed by atoms with Crippen LogP contribution in [0.4, 0.5) is 0 Å². The number of aromatic amines is 1. The predicted molar refractivity (Wildman–Crippen MR) is 97.8 cm³/mol. The van der Waals surface area contributed by atoms with Crippen molar-refractivity contribution in [2.24, 2.45) is 4.99 Å². The van der Waals surface area contributed by atoms with Crippen LogP contribution >= 0.6 is 11.3 Å². The standard InChI is InChI=1S/C19H16N2O3S/c22-17-16(25-18(23)21-17)10-14-9-13-8-12(4-5-15(13)20-14)11-19(24)6-2-1-3-7-19/h1-6,8-10,22,24H,7,11H2,(H,21,23). The molecule has 1 aliphatic carbocycles. The number of H-pyrrole nitrogens is 1. The summed E-state index contributed by atoms with van der Waals surface area (Å²) in [5.74, 6) is -0.137. The van der Waals surface area contributed by atoms with Gasteiger partial charge in [0.25, 0.3) is 0 Å². The van der Waals surface area contributed by atoms with Crippen molar-refractivity contribution in [2.45, 2.75) is 18.4 Å². The Bertz CT molecular complexity index is 1100. The monoisotopic (exact) mass is 352 g/mol. The van der Waals surface area contributed by atoms with Gasteiger partial charge in [0, 0.05) is 11.6 Å². The molecule has 1 aromatic heterocycles. The lowest BCUT2D eigenvalue weighted by molar-refractivity contribution is 0.0934. The van der Waals surface area contributed by atoms with Gasteiger partial charge in [0.2, 0.25) is 5.88 Å². The molecule has 1 aliphatic heterocycles. The van der Waals surface area contributed by atoms with Gasteiger partial charge in [-0.05, 0) is 36.3 Å². The smallest absolute Gasteiger partial charge is 0.307 e. The molecule has 0 bridgehead atoms. The SMILES string of the molecule is O=c1[nH]c(O)c(C=C2C=c3cc(CC4(O)C=CC=CC4)ccc3=N2)s1. The van der Waals surface area contributed by atoms with Crippen LogP contribution in [0.2, 0.25) is 0 Å². The normalized spacial score (nSPS) is 22.7. The summed E-state index contributed by atoms with van der Waals surface area (Å²) in [6.07, 6.45) is 12.3. The van der Waals surface area contributed by atoms with Gasteiger partial charge in [-0.2, -0.15) is 0 Å². The third-order valence-electron chi connectivity index (χ3n) is 4.22. The first kappa shape index (κ1) is 15.8. The van der Waals surface area contributed by atoms with Crippen LogP contribution < -0.4 is 15.4 Å². The maximum absolute atomic E-state index is 11.3. The molecule has 4 rings (SSSR count). The highest BCUT2D eigenvalue weighted by Crippen LogP contribution is 2.23. The van der Waals surface area contributed by atoms with E-state index < -0.39 is 5.60 Å². The molecule has 0 radical (unpaired) electrons. The van der Waals surface area contributed by atoms with Crippen molar-refractivity contribution in [1.29, 1.82) is 0 Å². The van der Waals surface area contributed by atoms with Crippen molar-refractivity contribution in [1.82, 2.24) is 4.98 Å². The van der Waals surface area contributed by atoms with E-state index in [-0.39, 0.29) is 10.8 Å². The second-order valence-electron chi connectivity index (χ2n) is 6.22. The van der Waals surface area contributed by atoms with Gasteiger partial charge < -0.3 is 10.2 Å². The Hall–Kier alpha value is -2.70. The number of hydrogen-bond acceptors (Lipinski definition) is 5. The van der Waals surface area contributed by atoms with Crippen molar-refractivity contribution >= 4 is 23.5 Å². The molecular weight excluding hydrogens is 336 g/mol. The maximum Gasteiger partial charge on any atom is 0.307 e. The second-order valence-corrected chi connectivity index (χ2v) is 7.23. The maximum atomic E-state index is 11.3. The molecule has 0 amide bonds. The summed E-state index contributed by atoms with van der Waals surface area (Å²) in [6, 6.07) is 5.91. The summed E-state index contributed by atoms with van der Waals surface area (Å²) in [5, 5.41) is 22.1. The molecule has 0 fully saturated rings. The zero-order valence-corrected chi connectivity index (χ0v) is 14.1. The van der Waals surface area contributed by atoms with E-state index in [0.717, 1.165) is 27.5 Å². The number of nitrogens with zero attached hydrogens (tertiary/aromatic N) is 1. The van der Waals surface area contributed by atoms with E-state index in [1.807, 2.05) is 48.6 Å². The quantitative estimate of drug-likeness (QED) is 0.780. The molecule has 0 saturated carbocycles. The van der Waals surface area contributed by atoms with Crippen molar-refractivity contribution in [2.75, 3.05) is 0 Å². The van der Waals surface area contributed by atoms with Crippen LogP contribution in [-0.4, -0.2) is 20.8 Å². The van der Waals surface area contributed by atoms with Crippen LogP contribution in [0.15, 0.2) is 58.0 Å². The van der Waals surface area contributed by atoms with Crippen LogP contribution in [0, 0.1) is 0 Å². The number of thiazole rings is 1. The topological polar surface area (TPSA) is 85.7 Å². The van der Waals surface area contributed by atoms with Crippen molar-refractivity contribution < 1.29 is 10.2 Å². The minimum atomic E-state index is -0.847. The van der Waals surface area contributed by atoms with Gasteiger partial charge in [-0.3, -0.25) is 9.78 Å². The largest absolute Gasteiger partial charge is 0.493 e. The van der Waals surface area contributed by atoms with E-state index >= 15 is 0 Å². The van der Waals surface area contributed by atoms with E-state index in [1.165, 1.54) is 0 Å². The molecule has 0 spiro atoms. The highest BCUT2D eigenvalue weighted by Gasteiger charge is 2.23. The van der Waals surface area contributed by atoms with Crippen LogP contribution in [0.1, 0.15) is 16.9 Å². The molecule has 2 aromatic rings. The summed E-state index contributed by atoms with van der Waals surface area (Å²) in [5.41, 5.74) is 0.862. The third-order valence-corrected chi connectivity index (χ3v) is 5.03. The fraction of sp³-hybridized carbons (Fsp3) is 0.158. The molecule has 1 aromatic carbocycles. The number of rotatable bonds is 3. The van der Waals surface area contributed by atoms with E-state index in [4.69, 9.17) is 0 Å². The third kappa shape index (κ3) is 3.26. The van der Waals surface area contributed by atoms with Crippen LogP contribution in [0.25, 0.3) is 12.2 Å². The van der Waals surface area contributed by atoms with Crippen molar-refractivity contribution in [3.8, 4) is 5.88 Å². The summed E-state index contributed by atoms with van der Waals surface area (Å²) in [7, 11) is 0. The Balaban J connectivity index is 1.64. The summed E-state index contributed by atoms with van der Waals surface area (Å²) < 4.78 is 0. The summed E-state index contributed by atoms with van der Waals surface area (Å²) in [6.45, 7) is 0. The average molecular weight is 352 g/mol. The number of aliphatic hydroxyl groups is 1. The number of benzene rings is 1. The van der Waals surface area contributed by atoms with E-state index in [1.54, 1.807) is 6.08 Å². The number of nitrogens with one attached hydrogen (secondary N) is 1. The van der Waals surface area contributed by atoms with Gasteiger partial charge in [-0.15, -0.1) is 0 Å². The zero-order valence-electron chi connectivity index (χ0n) is 13.3. The molecule has 3 N–H and O–H groups in total. The molecule has 0 saturated heterocycles. The first-order chi connectivity index (χ1) is 12.0. The number of allylic oxidation sites excluding steroid dienone is 3. The van der Waals surface area contributed by atoms with Crippen molar-refractivity contribution in [3.63, 3.8) is 0 Å². The fourth-order valence-corrected chi connectivity index (χ4v) is 3.71. The Morgan fingerprint density at radius 3 is 2.96 bits per heavy atom. The van der Waals surface area contributed by atoms with Gasteiger partial charge in [0.1, 0.15) is 0 Å². The molecule has 5 nitrogen and oxygen atoms in total. The minimum Gasteiger partial charge on any atom is -0.493 e. The number of aromatic nitrogens is 1. The van der Waals surface area contributed by atoms with Gasteiger partial charge >= 0.3 is 4.87 Å². The number of aromatic hydroxyl groups is 1. The molecule has 2 heterocycles. The molecule has 2 aliphatic rings. The predicted octanol–water partition coefficient (Wildman–Crippen LogP) is 1.39. The molecule has 25 heavy (non-hydrogen) atoms. The molecule has 6 heteroatoms. The van der Waals surface area contributed by atoms with Gasteiger partial charge in [-0.25, -0.2) is 4.99 Å². The van der Waals surface area contributed by atoms with E-state index in [9.17, 15) is 15.0 Å². The minimum absolute atomic E-state index is 0.137.